The molecule has 0 aliphatic carbocycles. The minimum absolute atomic E-state index is 0.000707. The van der Waals surface area contributed by atoms with Crippen molar-refractivity contribution >= 4 is 11.9 Å². The van der Waals surface area contributed by atoms with Crippen molar-refractivity contribution in [3.63, 3.8) is 0 Å². The van der Waals surface area contributed by atoms with Crippen molar-refractivity contribution in [1.82, 2.24) is 4.90 Å². The highest BCUT2D eigenvalue weighted by atomic mass is 19.2. The van der Waals surface area contributed by atoms with E-state index in [0.717, 1.165) is 12.1 Å². The van der Waals surface area contributed by atoms with E-state index in [9.17, 15) is 18.4 Å². The fourth-order valence-corrected chi connectivity index (χ4v) is 1.84. The molecule has 0 unspecified atom stereocenters. The van der Waals surface area contributed by atoms with E-state index in [4.69, 9.17) is 9.84 Å². The van der Waals surface area contributed by atoms with Gasteiger partial charge in [-0.3, -0.25) is 9.59 Å². The molecule has 0 saturated carbocycles. The third-order valence-corrected chi connectivity index (χ3v) is 2.97. The lowest BCUT2D eigenvalue weighted by atomic mass is 10.2. The Morgan fingerprint density at radius 2 is 1.95 bits per heavy atom. The lowest BCUT2D eigenvalue weighted by Gasteiger charge is -2.22. The number of carbonyl (C=O) groups is 2. The second-order valence-corrected chi connectivity index (χ2v) is 4.65. The molecule has 0 saturated heterocycles. The van der Waals surface area contributed by atoms with Crippen molar-refractivity contribution < 1.29 is 28.2 Å². The molecule has 5 nitrogen and oxygen atoms in total. The van der Waals surface area contributed by atoms with Gasteiger partial charge in [0.15, 0.2) is 11.6 Å². The Morgan fingerprint density at radius 1 is 1.23 bits per heavy atom. The van der Waals surface area contributed by atoms with Crippen LogP contribution < -0.4 is 0 Å². The molecular formula is C15H19F2NO4. The van der Waals surface area contributed by atoms with Crippen LogP contribution in [0.15, 0.2) is 18.2 Å². The van der Waals surface area contributed by atoms with E-state index in [-0.39, 0.29) is 38.4 Å². The first-order valence-electron chi connectivity index (χ1n) is 6.95. The number of ether oxygens (including phenoxy) is 1. The van der Waals surface area contributed by atoms with Gasteiger partial charge in [0.25, 0.3) is 0 Å². The van der Waals surface area contributed by atoms with Crippen molar-refractivity contribution in [1.29, 1.82) is 0 Å². The highest BCUT2D eigenvalue weighted by Crippen LogP contribution is 2.12. The molecule has 0 aliphatic rings. The van der Waals surface area contributed by atoms with Gasteiger partial charge in [0.2, 0.25) is 5.91 Å². The van der Waals surface area contributed by atoms with Crippen LogP contribution in [0.5, 0.6) is 0 Å². The Bertz CT molecular complexity index is 522. The minimum atomic E-state index is -1.03. The number of aliphatic carboxylic acids is 1. The van der Waals surface area contributed by atoms with Crippen LogP contribution in [-0.4, -0.2) is 41.6 Å². The molecule has 0 aromatic heterocycles. The maximum Gasteiger partial charge on any atom is 0.305 e. The number of carboxylic acids is 1. The number of rotatable bonds is 9. The summed E-state index contributed by atoms with van der Waals surface area (Å²) in [5.41, 5.74) is 0.397. The molecule has 1 amide bonds. The van der Waals surface area contributed by atoms with Gasteiger partial charge in [-0.05, 0) is 24.6 Å². The largest absolute Gasteiger partial charge is 0.481 e. The molecule has 0 fully saturated rings. The van der Waals surface area contributed by atoms with Crippen LogP contribution >= 0.6 is 0 Å². The van der Waals surface area contributed by atoms with Crippen LogP contribution in [0.3, 0.4) is 0 Å². The molecule has 1 rings (SSSR count). The van der Waals surface area contributed by atoms with Crippen LogP contribution in [0.4, 0.5) is 8.78 Å². The predicted molar refractivity (Wildman–Crippen MR) is 75.1 cm³/mol. The highest BCUT2D eigenvalue weighted by molar-refractivity contribution is 5.77. The highest BCUT2D eigenvalue weighted by Gasteiger charge is 2.16. The average Bonchev–Trinajstić information content (AvgIpc) is 2.47. The Balaban J connectivity index is 2.73. The molecule has 7 heteroatoms. The lowest BCUT2D eigenvalue weighted by Crippen LogP contribution is -2.33. The van der Waals surface area contributed by atoms with Crippen molar-refractivity contribution in [3.8, 4) is 0 Å². The Hall–Kier alpha value is -2.02. The number of halogens is 2. The van der Waals surface area contributed by atoms with E-state index in [2.05, 4.69) is 0 Å². The fourth-order valence-electron chi connectivity index (χ4n) is 1.84. The summed E-state index contributed by atoms with van der Waals surface area (Å²) in [7, 11) is 0. The van der Waals surface area contributed by atoms with Gasteiger partial charge < -0.3 is 14.7 Å². The van der Waals surface area contributed by atoms with Crippen molar-refractivity contribution in [2.24, 2.45) is 0 Å². The van der Waals surface area contributed by atoms with Crippen LogP contribution in [0.1, 0.15) is 25.3 Å². The van der Waals surface area contributed by atoms with Crippen molar-refractivity contribution in [2.45, 2.75) is 26.3 Å². The van der Waals surface area contributed by atoms with Gasteiger partial charge in [-0.2, -0.15) is 0 Å². The number of carbonyl (C=O) groups excluding carboxylic acids is 1. The van der Waals surface area contributed by atoms with Gasteiger partial charge in [0.1, 0.15) is 0 Å². The second-order valence-electron chi connectivity index (χ2n) is 4.65. The molecule has 22 heavy (non-hydrogen) atoms. The molecule has 0 aliphatic heterocycles. The average molecular weight is 315 g/mol. The quantitative estimate of drug-likeness (QED) is 0.709. The Labute approximate surface area is 127 Å². The summed E-state index contributed by atoms with van der Waals surface area (Å²) >= 11 is 0. The molecule has 1 aromatic carbocycles. The zero-order valence-electron chi connectivity index (χ0n) is 12.3. The zero-order chi connectivity index (χ0) is 16.5. The summed E-state index contributed by atoms with van der Waals surface area (Å²) in [4.78, 5) is 24.0. The van der Waals surface area contributed by atoms with Crippen LogP contribution in [0, 0.1) is 11.6 Å². The molecule has 0 atom stereocenters. The van der Waals surface area contributed by atoms with Gasteiger partial charge in [0.05, 0.1) is 19.4 Å². The van der Waals surface area contributed by atoms with E-state index >= 15 is 0 Å². The number of hydrogen-bond donors (Lipinski definition) is 1. The Morgan fingerprint density at radius 3 is 2.55 bits per heavy atom. The number of amides is 1. The van der Waals surface area contributed by atoms with Gasteiger partial charge in [-0.25, -0.2) is 8.78 Å². The van der Waals surface area contributed by atoms with E-state index in [1.165, 1.54) is 11.0 Å². The fraction of sp³-hybridized carbons (Fsp3) is 0.467. The van der Waals surface area contributed by atoms with Gasteiger partial charge in [-0.15, -0.1) is 0 Å². The van der Waals surface area contributed by atoms with E-state index in [1.54, 1.807) is 6.92 Å². The van der Waals surface area contributed by atoms with E-state index in [0.29, 0.717) is 12.2 Å². The monoisotopic (exact) mass is 315 g/mol. The smallest absolute Gasteiger partial charge is 0.305 e. The maximum absolute atomic E-state index is 13.2. The Kier molecular flexibility index (Phi) is 7.45. The summed E-state index contributed by atoms with van der Waals surface area (Å²) < 4.78 is 31.2. The summed E-state index contributed by atoms with van der Waals surface area (Å²) in [6.07, 6.45) is -0.110. The molecule has 0 heterocycles. The third kappa shape index (κ3) is 6.17. The molecule has 0 spiro atoms. The maximum atomic E-state index is 13.2. The molecule has 1 N–H and O–H groups in total. The van der Waals surface area contributed by atoms with Crippen molar-refractivity contribution in [3.05, 3.63) is 35.4 Å². The van der Waals surface area contributed by atoms with Gasteiger partial charge in [-0.1, -0.05) is 6.07 Å². The van der Waals surface area contributed by atoms with Gasteiger partial charge >= 0.3 is 5.97 Å². The van der Waals surface area contributed by atoms with Gasteiger partial charge in [0, 0.05) is 19.7 Å². The van der Waals surface area contributed by atoms with Crippen LogP contribution in [0.2, 0.25) is 0 Å². The van der Waals surface area contributed by atoms with Crippen molar-refractivity contribution in [2.75, 3.05) is 19.8 Å². The summed E-state index contributed by atoms with van der Waals surface area (Å²) in [6.45, 7) is 2.53. The third-order valence-electron chi connectivity index (χ3n) is 2.97. The molecular weight excluding hydrogens is 296 g/mol. The standard InChI is InChI=1S/C15H19F2NO4/c1-2-22-8-6-14(19)18(7-5-15(20)21)10-11-3-4-12(16)13(17)9-11/h3-4,9H,2,5-8,10H2,1H3,(H,20,21). The number of carboxylic acid groups (broad SMARTS) is 1. The molecule has 0 radical (unpaired) electrons. The zero-order valence-corrected chi connectivity index (χ0v) is 12.3. The molecule has 0 bridgehead atoms. The summed E-state index contributed by atoms with van der Waals surface area (Å²) in [5, 5.41) is 8.73. The van der Waals surface area contributed by atoms with E-state index in [1.807, 2.05) is 0 Å². The van der Waals surface area contributed by atoms with Crippen LogP contribution in [-0.2, 0) is 20.9 Å². The van der Waals surface area contributed by atoms with Crippen LogP contribution in [0.25, 0.3) is 0 Å². The topological polar surface area (TPSA) is 66.8 Å². The SMILES string of the molecule is CCOCCC(=O)N(CCC(=O)O)Cc1ccc(F)c(F)c1. The second kappa shape index (κ2) is 9.09. The number of hydrogen-bond acceptors (Lipinski definition) is 3. The summed E-state index contributed by atoms with van der Waals surface area (Å²) in [6, 6.07) is 3.34. The predicted octanol–water partition coefficient (Wildman–Crippen LogP) is 2.19. The first-order chi connectivity index (χ1) is 10.4. The molecule has 122 valence electrons. The normalized spacial score (nSPS) is 10.5. The molecule has 1 aromatic rings. The summed E-state index contributed by atoms with van der Waals surface area (Å²) in [5.74, 6) is -3.30. The minimum Gasteiger partial charge on any atom is -0.481 e. The van der Waals surface area contributed by atoms with E-state index < -0.39 is 17.6 Å². The lowest BCUT2D eigenvalue weighted by molar-refractivity contribution is -0.139. The number of benzene rings is 1. The first-order valence-corrected chi connectivity index (χ1v) is 6.95. The first kappa shape index (κ1) is 18.0. The number of nitrogens with zero attached hydrogens (tertiary/aromatic N) is 1.